The van der Waals surface area contributed by atoms with Crippen molar-refractivity contribution in [2.45, 2.75) is 119 Å². The van der Waals surface area contributed by atoms with Crippen molar-refractivity contribution in [3.8, 4) is 0 Å². The molecule has 0 amide bonds. The third kappa shape index (κ3) is 9.79. The number of carbonyl (C=O) groups is 3. The Morgan fingerprint density at radius 2 is 0.729 bits per heavy atom. The molecular formula is C41H60O18. The standard InChI is InChI=1S/C41H60O18/c1-2-41(22-50-12-11-49-15-18-53-40(44)25-21-28-34-37(59-34)31(25)56-28,3-5-45-7-9-47-13-16-51-38(42)23-19-26-32-35(57-32)29(23)54-26)4-6-46-8-10-48-14-17-52-39(43)24-20-27-33-36(58-33)30(24)55-27/h23-37H,2-22H2,1H3. The molecule has 0 aliphatic carbocycles. The molecule has 9 rings (SSSR count). The Bertz CT molecular complexity index is 1380. The number of rotatable bonds is 30. The summed E-state index contributed by atoms with van der Waals surface area (Å²) in [5.74, 6) is -1.47. The van der Waals surface area contributed by atoms with Crippen LogP contribution in [0.15, 0.2) is 0 Å². The SMILES string of the molecule is CCC(CCOCCOCCOC(=O)C1CC2OC1C1OC21)(CCOCCOCCOC(=O)C1CC2OC1C1OC21)COCCOCCOC(=O)C1CC2OC1C1OC21. The van der Waals surface area contributed by atoms with E-state index >= 15 is 0 Å². The molecule has 9 aliphatic heterocycles. The van der Waals surface area contributed by atoms with Crippen LogP contribution in [0, 0.1) is 23.2 Å². The van der Waals surface area contributed by atoms with Gasteiger partial charge >= 0.3 is 17.9 Å². The van der Waals surface area contributed by atoms with E-state index in [1.54, 1.807) is 0 Å². The molecular weight excluding hydrogens is 780 g/mol. The summed E-state index contributed by atoms with van der Waals surface area (Å²) in [7, 11) is 0. The van der Waals surface area contributed by atoms with Crippen molar-refractivity contribution in [2.75, 3.05) is 99.1 Å². The molecule has 6 bridgehead atoms. The molecule has 0 aromatic carbocycles. The second kappa shape index (κ2) is 19.1. The normalized spacial score (nSPS) is 39.1. The first-order valence-electron chi connectivity index (χ1n) is 21.8. The van der Waals surface area contributed by atoms with Gasteiger partial charge in [0.15, 0.2) is 0 Å². The summed E-state index contributed by atoms with van der Waals surface area (Å²) in [6.45, 7) is 7.43. The van der Waals surface area contributed by atoms with E-state index in [1.807, 2.05) is 0 Å². The largest absolute Gasteiger partial charge is 0.463 e. The Morgan fingerprint density at radius 3 is 1.05 bits per heavy atom. The van der Waals surface area contributed by atoms with Gasteiger partial charge in [-0.3, -0.25) is 14.4 Å². The number of esters is 3. The summed E-state index contributed by atoms with van der Waals surface area (Å²) in [4.78, 5) is 37.5. The van der Waals surface area contributed by atoms with Gasteiger partial charge in [0.25, 0.3) is 0 Å². The molecule has 9 aliphatic rings. The van der Waals surface area contributed by atoms with Gasteiger partial charge in [0, 0.05) is 13.2 Å². The number of hydrogen-bond donors (Lipinski definition) is 0. The average Bonchev–Trinajstić information content (AvgIpc) is 4.19. The first-order chi connectivity index (χ1) is 28.9. The van der Waals surface area contributed by atoms with Gasteiger partial charge in [-0.15, -0.1) is 0 Å². The zero-order valence-corrected chi connectivity index (χ0v) is 33.9. The Morgan fingerprint density at radius 1 is 0.407 bits per heavy atom. The van der Waals surface area contributed by atoms with Crippen molar-refractivity contribution in [3.63, 3.8) is 0 Å². The van der Waals surface area contributed by atoms with Gasteiger partial charge in [-0.1, -0.05) is 6.92 Å². The van der Waals surface area contributed by atoms with Gasteiger partial charge in [-0.05, 0) is 43.9 Å². The van der Waals surface area contributed by atoms with Crippen molar-refractivity contribution in [1.29, 1.82) is 0 Å². The van der Waals surface area contributed by atoms with Crippen LogP contribution >= 0.6 is 0 Å². The average molecular weight is 841 g/mol. The first kappa shape index (κ1) is 42.2. The zero-order chi connectivity index (χ0) is 40.3. The van der Waals surface area contributed by atoms with Crippen LogP contribution in [0.4, 0.5) is 0 Å². The van der Waals surface area contributed by atoms with Crippen LogP contribution < -0.4 is 0 Å². The highest BCUT2D eigenvalue weighted by atomic mass is 16.7. The lowest BCUT2D eigenvalue weighted by atomic mass is 9.80. The summed E-state index contributed by atoms with van der Waals surface area (Å²) in [5.41, 5.74) is -0.198. The molecule has 0 N–H and O–H groups in total. The van der Waals surface area contributed by atoms with Crippen molar-refractivity contribution in [1.82, 2.24) is 0 Å². The third-order valence-corrected chi connectivity index (χ3v) is 13.6. The number of ether oxygens (including phenoxy) is 15. The van der Waals surface area contributed by atoms with Crippen LogP contribution in [0.2, 0.25) is 0 Å². The number of carbonyl (C=O) groups excluding carboxylic acids is 3. The van der Waals surface area contributed by atoms with E-state index in [2.05, 4.69) is 6.92 Å². The molecule has 59 heavy (non-hydrogen) atoms. The highest BCUT2D eigenvalue weighted by Crippen LogP contribution is 2.53. The van der Waals surface area contributed by atoms with Crippen molar-refractivity contribution >= 4 is 17.9 Å². The summed E-state index contributed by atoms with van der Waals surface area (Å²) in [5, 5.41) is 0. The Balaban J connectivity index is 0.617. The van der Waals surface area contributed by atoms with Gasteiger partial charge in [-0.2, -0.15) is 0 Å². The topological polar surface area (TPSA) is 200 Å². The lowest BCUT2D eigenvalue weighted by molar-refractivity contribution is -0.153. The lowest BCUT2D eigenvalue weighted by Crippen LogP contribution is -2.32. The lowest BCUT2D eigenvalue weighted by Gasteiger charge is -2.32. The highest BCUT2D eigenvalue weighted by molar-refractivity contribution is 5.75. The monoisotopic (exact) mass is 840 g/mol. The molecule has 0 aromatic heterocycles. The third-order valence-electron chi connectivity index (χ3n) is 13.6. The smallest absolute Gasteiger partial charge is 0.311 e. The summed E-state index contributed by atoms with van der Waals surface area (Å²) in [6, 6.07) is 0. The molecule has 0 aromatic rings. The number of fused-ring (bicyclic) bond motifs is 15. The fraction of sp³-hybridized carbons (Fsp3) is 0.927. The Labute approximate surface area is 343 Å². The van der Waals surface area contributed by atoms with Crippen LogP contribution in [0.25, 0.3) is 0 Å². The molecule has 9 saturated heterocycles. The maximum atomic E-state index is 12.5. The number of hydrogen-bond acceptors (Lipinski definition) is 18. The summed E-state index contributed by atoms with van der Waals surface area (Å²) < 4.78 is 85.4. The maximum absolute atomic E-state index is 12.5. The second-order valence-corrected chi connectivity index (χ2v) is 17.1. The predicted octanol–water partition coefficient (Wildman–Crippen LogP) is 0.556. The van der Waals surface area contributed by atoms with Gasteiger partial charge in [0.2, 0.25) is 0 Å². The molecule has 15 unspecified atom stereocenters. The van der Waals surface area contributed by atoms with Crippen LogP contribution in [0.5, 0.6) is 0 Å². The molecule has 18 nitrogen and oxygen atoms in total. The molecule has 15 atom stereocenters. The van der Waals surface area contributed by atoms with Gasteiger partial charge in [0.05, 0.1) is 102 Å². The van der Waals surface area contributed by atoms with Crippen molar-refractivity contribution in [2.24, 2.45) is 23.2 Å². The van der Waals surface area contributed by atoms with E-state index < -0.39 is 0 Å². The molecule has 9 heterocycles. The minimum absolute atomic E-state index is 0.0284. The molecule has 0 radical (unpaired) electrons. The Kier molecular flexibility index (Phi) is 13.7. The molecule has 9 fully saturated rings. The van der Waals surface area contributed by atoms with Gasteiger partial charge < -0.3 is 71.1 Å². The quantitative estimate of drug-likeness (QED) is 0.0420. The van der Waals surface area contributed by atoms with Crippen LogP contribution in [-0.4, -0.2) is 190 Å². The highest BCUT2D eigenvalue weighted by Gasteiger charge is 2.68. The van der Waals surface area contributed by atoms with Crippen LogP contribution in [-0.2, 0) is 85.4 Å². The minimum Gasteiger partial charge on any atom is -0.463 e. The second-order valence-electron chi connectivity index (χ2n) is 17.1. The van der Waals surface area contributed by atoms with E-state index in [9.17, 15) is 14.4 Å². The fourth-order valence-electron chi connectivity index (χ4n) is 9.93. The maximum Gasteiger partial charge on any atom is 0.311 e. The van der Waals surface area contributed by atoms with Gasteiger partial charge in [0.1, 0.15) is 74.8 Å². The first-order valence-corrected chi connectivity index (χ1v) is 21.8. The minimum atomic E-state index is -0.251. The van der Waals surface area contributed by atoms with Crippen molar-refractivity contribution < 1.29 is 85.4 Å². The summed E-state index contributed by atoms with van der Waals surface area (Å²) >= 11 is 0. The van der Waals surface area contributed by atoms with Crippen LogP contribution in [0.1, 0.15) is 45.4 Å². The molecule has 0 saturated carbocycles. The number of epoxide rings is 3. The van der Waals surface area contributed by atoms with E-state index in [1.165, 1.54) is 0 Å². The van der Waals surface area contributed by atoms with E-state index in [0.29, 0.717) is 91.9 Å². The predicted molar refractivity (Wildman–Crippen MR) is 196 cm³/mol. The Hall–Kier alpha value is -2.07. The van der Waals surface area contributed by atoms with Gasteiger partial charge in [-0.25, -0.2) is 0 Å². The van der Waals surface area contributed by atoms with Crippen molar-refractivity contribution in [3.05, 3.63) is 0 Å². The van der Waals surface area contributed by atoms with Crippen LogP contribution in [0.3, 0.4) is 0 Å². The zero-order valence-electron chi connectivity index (χ0n) is 33.9. The van der Waals surface area contributed by atoms with E-state index in [4.69, 9.17) is 71.1 Å². The molecule has 332 valence electrons. The van der Waals surface area contributed by atoms with E-state index in [-0.39, 0.29) is 141 Å². The molecule has 0 spiro atoms. The van der Waals surface area contributed by atoms with E-state index in [0.717, 1.165) is 19.3 Å². The summed E-state index contributed by atoms with van der Waals surface area (Å²) in [6.07, 6.45) is 4.67. The molecule has 18 heteroatoms. The fourth-order valence-corrected chi connectivity index (χ4v) is 9.93.